The molecule has 1 aliphatic heterocycles. The van der Waals surface area contributed by atoms with Gasteiger partial charge in [0, 0.05) is 17.4 Å². The van der Waals surface area contributed by atoms with Crippen molar-refractivity contribution < 1.29 is 27.4 Å². The number of nitrogens with zero attached hydrogens (tertiary/aromatic N) is 2. The molecule has 0 spiro atoms. The lowest BCUT2D eigenvalue weighted by Crippen LogP contribution is -2.48. The molecule has 1 heterocycles. The van der Waals surface area contributed by atoms with Crippen LogP contribution in [0, 0.1) is 28.5 Å². The number of hydrogen-bond acceptors (Lipinski definition) is 5. The van der Waals surface area contributed by atoms with Crippen LogP contribution in [0.1, 0.15) is 12.0 Å². The highest BCUT2D eigenvalue weighted by Gasteiger charge is 2.60. The largest absolute Gasteiger partial charge is 0.456 e. The Morgan fingerprint density at radius 3 is 2.56 bits per heavy atom. The van der Waals surface area contributed by atoms with Gasteiger partial charge < -0.3 is 9.84 Å². The lowest BCUT2D eigenvalue weighted by Gasteiger charge is -2.28. The highest BCUT2D eigenvalue weighted by Crippen LogP contribution is 2.52. The van der Waals surface area contributed by atoms with E-state index in [1.807, 2.05) is 0 Å². The van der Waals surface area contributed by atoms with Crippen LogP contribution in [0.15, 0.2) is 52.2 Å². The van der Waals surface area contributed by atoms with E-state index in [4.69, 9.17) is 10.00 Å². The molecule has 4 nitrogen and oxygen atoms in total. The smallest absolute Gasteiger partial charge is 0.422 e. The van der Waals surface area contributed by atoms with Crippen molar-refractivity contribution in [3.05, 3.63) is 63.5 Å². The fourth-order valence-electron chi connectivity index (χ4n) is 2.79. The third-order valence-corrected chi connectivity index (χ3v) is 5.31. The Morgan fingerprint density at radius 1 is 1.19 bits per heavy atom. The van der Waals surface area contributed by atoms with Crippen molar-refractivity contribution in [1.82, 2.24) is 0 Å². The van der Waals surface area contributed by atoms with Crippen LogP contribution in [0.3, 0.4) is 0 Å². The van der Waals surface area contributed by atoms with Crippen molar-refractivity contribution in [3.63, 3.8) is 0 Å². The van der Waals surface area contributed by atoms with Crippen LogP contribution in [0.25, 0.3) is 0 Å². The maximum atomic E-state index is 13.6. The van der Waals surface area contributed by atoms with Crippen LogP contribution >= 0.6 is 11.8 Å². The molecule has 27 heavy (non-hydrogen) atoms. The predicted molar refractivity (Wildman–Crippen MR) is 88.6 cm³/mol. The minimum Gasteiger partial charge on any atom is -0.456 e. The number of aliphatic hydroxyl groups is 1. The van der Waals surface area contributed by atoms with Crippen molar-refractivity contribution in [3.8, 4) is 17.9 Å². The van der Waals surface area contributed by atoms with Gasteiger partial charge in [0.05, 0.1) is 11.6 Å². The van der Waals surface area contributed by atoms with Crippen LogP contribution in [0.2, 0.25) is 0 Å². The first kappa shape index (κ1) is 19.0. The van der Waals surface area contributed by atoms with Crippen molar-refractivity contribution in [2.24, 2.45) is 0 Å². The third-order valence-electron chi connectivity index (χ3n) is 4.03. The number of halogens is 4. The molecular weight excluding hydrogens is 384 g/mol. The zero-order valence-corrected chi connectivity index (χ0v) is 14.3. The van der Waals surface area contributed by atoms with E-state index in [-0.39, 0.29) is 28.4 Å². The van der Waals surface area contributed by atoms with E-state index in [0.29, 0.717) is 0 Å². The molecule has 1 aromatic rings. The van der Waals surface area contributed by atoms with Gasteiger partial charge in [0.2, 0.25) is 0 Å². The molecular formula is C18H10F4N2O2S. The normalized spacial score (nSPS) is 22.2. The van der Waals surface area contributed by atoms with Gasteiger partial charge in [-0.05, 0) is 29.5 Å². The summed E-state index contributed by atoms with van der Waals surface area (Å²) >= 11 is 0.824. The number of hydrogen-bond donors (Lipinski definition) is 1. The first-order chi connectivity index (χ1) is 12.7. The Kier molecular flexibility index (Phi) is 4.77. The lowest BCUT2D eigenvalue weighted by atomic mass is 9.88. The van der Waals surface area contributed by atoms with E-state index in [1.165, 1.54) is 18.2 Å². The number of benzene rings is 1. The Morgan fingerprint density at radius 2 is 1.93 bits per heavy atom. The van der Waals surface area contributed by atoms with Crippen LogP contribution in [-0.2, 0) is 0 Å². The molecule has 0 saturated heterocycles. The Hall–Kier alpha value is -2.75. The Bertz CT molecular complexity index is 983. The molecule has 0 radical (unpaired) electrons. The van der Waals surface area contributed by atoms with E-state index in [9.17, 15) is 27.9 Å². The fraction of sp³-hybridized carbons (Fsp3) is 0.222. The molecule has 1 aromatic carbocycles. The fourth-order valence-corrected chi connectivity index (χ4v) is 4.11. The standard InChI is InChI=1S/C18H10F4N2O2S/c19-11-4-10(7-23)5-12(6-11)26-14-2-1-3-15-16(13(14)8-24)17(25,9-27-15)18(20,21)22/h1-2,4-6,25H,3,9H2. The van der Waals surface area contributed by atoms with Gasteiger partial charge in [-0.2, -0.15) is 23.7 Å². The van der Waals surface area contributed by atoms with Crippen molar-refractivity contribution in [2.75, 3.05) is 5.75 Å². The predicted octanol–water partition coefficient (Wildman–Crippen LogP) is 4.11. The molecule has 0 fully saturated rings. The number of thioether (sulfide) groups is 1. The summed E-state index contributed by atoms with van der Waals surface area (Å²) in [6, 6.07) is 6.50. The van der Waals surface area contributed by atoms with E-state index in [1.54, 1.807) is 12.1 Å². The number of ether oxygens (including phenoxy) is 1. The molecule has 2 aliphatic rings. The van der Waals surface area contributed by atoms with E-state index >= 15 is 0 Å². The summed E-state index contributed by atoms with van der Waals surface area (Å²) in [6.07, 6.45) is -2.11. The van der Waals surface area contributed by atoms with Crippen LogP contribution in [0.5, 0.6) is 5.75 Å². The monoisotopic (exact) mass is 394 g/mol. The van der Waals surface area contributed by atoms with Crippen molar-refractivity contribution in [2.45, 2.75) is 18.2 Å². The summed E-state index contributed by atoms with van der Waals surface area (Å²) in [5.41, 5.74) is -4.26. The summed E-state index contributed by atoms with van der Waals surface area (Å²) in [7, 11) is 0. The van der Waals surface area contributed by atoms with Gasteiger partial charge in [-0.3, -0.25) is 0 Å². The summed E-state index contributed by atoms with van der Waals surface area (Å²) in [5.74, 6) is -1.85. The van der Waals surface area contributed by atoms with E-state index in [0.717, 1.165) is 23.9 Å². The van der Waals surface area contributed by atoms with Gasteiger partial charge in [-0.15, -0.1) is 11.8 Å². The van der Waals surface area contributed by atoms with Crippen LogP contribution < -0.4 is 4.74 Å². The zero-order chi connectivity index (χ0) is 19.8. The molecule has 138 valence electrons. The Balaban J connectivity index is 2.12. The summed E-state index contributed by atoms with van der Waals surface area (Å²) in [6.45, 7) is 0. The lowest BCUT2D eigenvalue weighted by molar-refractivity contribution is -0.233. The maximum absolute atomic E-state index is 13.6. The van der Waals surface area contributed by atoms with Gasteiger partial charge >= 0.3 is 6.18 Å². The number of allylic oxidation sites excluding steroid dienone is 3. The number of rotatable bonds is 2. The summed E-state index contributed by atoms with van der Waals surface area (Å²) in [4.78, 5) is 0.221. The summed E-state index contributed by atoms with van der Waals surface area (Å²) < 4.78 is 59.5. The topological polar surface area (TPSA) is 77.0 Å². The maximum Gasteiger partial charge on any atom is 0.422 e. The molecule has 1 atom stereocenters. The first-order valence-corrected chi connectivity index (χ1v) is 8.53. The highest BCUT2D eigenvalue weighted by molar-refractivity contribution is 8.03. The molecule has 3 rings (SSSR count). The third kappa shape index (κ3) is 3.32. The van der Waals surface area contributed by atoms with Crippen molar-refractivity contribution in [1.29, 1.82) is 10.5 Å². The SMILES string of the molecule is N#CC1=C(Oc2cc(F)cc(C#N)c2)C=CCC2=C1C(O)(C(F)(F)F)CS2. The molecule has 9 heteroatoms. The second kappa shape index (κ2) is 6.76. The minimum absolute atomic E-state index is 0.0511. The van der Waals surface area contributed by atoms with Crippen LogP contribution in [-0.4, -0.2) is 22.6 Å². The van der Waals surface area contributed by atoms with Crippen LogP contribution in [0.4, 0.5) is 17.6 Å². The molecule has 0 amide bonds. The molecule has 0 saturated carbocycles. The van der Waals surface area contributed by atoms with Gasteiger partial charge in [0.15, 0.2) is 5.60 Å². The zero-order valence-electron chi connectivity index (χ0n) is 13.5. The Labute approximate surface area is 155 Å². The molecule has 0 aromatic heterocycles. The van der Waals surface area contributed by atoms with E-state index < -0.39 is 34.5 Å². The summed E-state index contributed by atoms with van der Waals surface area (Å²) in [5, 5.41) is 28.7. The average molecular weight is 394 g/mol. The molecule has 0 bridgehead atoms. The quantitative estimate of drug-likeness (QED) is 0.764. The average Bonchev–Trinajstić information content (AvgIpc) is 2.83. The number of nitriles is 2. The number of alkyl halides is 3. The molecule has 1 aliphatic carbocycles. The first-order valence-electron chi connectivity index (χ1n) is 7.55. The minimum atomic E-state index is -4.98. The van der Waals surface area contributed by atoms with Crippen molar-refractivity contribution >= 4 is 11.8 Å². The second-order valence-electron chi connectivity index (χ2n) is 5.79. The van der Waals surface area contributed by atoms with Gasteiger partial charge in [-0.25, -0.2) is 4.39 Å². The van der Waals surface area contributed by atoms with Gasteiger partial charge in [-0.1, -0.05) is 6.08 Å². The van der Waals surface area contributed by atoms with Gasteiger partial charge in [0.25, 0.3) is 0 Å². The molecule has 1 unspecified atom stereocenters. The highest BCUT2D eigenvalue weighted by atomic mass is 32.2. The second-order valence-corrected chi connectivity index (χ2v) is 6.86. The van der Waals surface area contributed by atoms with Gasteiger partial charge in [0.1, 0.15) is 29.0 Å². The van der Waals surface area contributed by atoms with E-state index in [2.05, 4.69) is 0 Å². The molecule has 1 N–H and O–H groups in total.